The van der Waals surface area contributed by atoms with Gasteiger partial charge >= 0.3 is 5.97 Å². The second-order valence-corrected chi connectivity index (χ2v) is 3.98. The smallest absolute Gasteiger partial charge is 0.320 e. The standard InChI is InChI=1S/C11H15NO4/c1-7-5-6-8(16-7)12-9(13)11(2,3)10(14)15-4/h5-6H,1-4H3,(H,12,13). The second kappa shape index (κ2) is 4.38. The van der Waals surface area contributed by atoms with Crippen molar-refractivity contribution >= 4 is 17.8 Å². The van der Waals surface area contributed by atoms with E-state index >= 15 is 0 Å². The van der Waals surface area contributed by atoms with Gasteiger partial charge in [0.1, 0.15) is 11.2 Å². The number of hydrogen-bond donors (Lipinski definition) is 1. The van der Waals surface area contributed by atoms with Crippen LogP contribution in [0.2, 0.25) is 0 Å². The summed E-state index contributed by atoms with van der Waals surface area (Å²) in [5.41, 5.74) is -1.24. The van der Waals surface area contributed by atoms with Gasteiger partial charge in [-0.2, -0.15) is 0 Å². The van der Waals surface area contributed by atoms with Crippen molar-refractivity contribution in [3.63, 3.8) is 0 Å². The molecule has 1 rings (SSSR count). The summed E-state index contributed by atoms with van der Waals surface area (Å²) < 4.78 is 9.73. The number of amides is 1. The molecule has 16 heavy (non-hydrogen) atoms. The average molecular weight is 225 g/mol. The molecule has 0 bridgehead atoms. The minimum Gasteiger partial charge on any atom is -0.468 e. The van der Waals surface area contributed by atoms with Crippen LogP contribution in [0.1, 0.15) is 19.6 Å². The number of anilines is 1. The van der Waals surface area contributed by atoms with Gasteiger partial charge < -0.3 is 9.15 Å². The Bertz CT molecular complexity index is 406. The lowest BCUT2D eigenvalue weighted by molar-refractivity contribution is -0.154. The number of ether oxygens (including phenoxy) is 1. The quantitative estimate of drug-likeness (QED) is 0.628. The van der Waals surface area contributed by atoms with E-state index in [0.717, 1.165) is 0 Å². The summed E-state index contributed by atoms with van der Waals surface area (Å²) in [6.07, 6.45) is 0. The van der Waals surface area contributed by atoms with Crippen molar-refractivity contribution in [2.24, 2.45) is 5.41 Å². The number of aryl methyl sites for hydroxylation is 1. The minimum absolute atomic E-state index is 0.319. The van der Waals surface area contributed by atoms with Gasteiger partial charge in [-0.05, 0) is 26.8 Å². The maximum absolute atomic E-state index is 11.8. The molecule has 0 saturated heterocycles. The van der Waals surface area contributed by atoms with E-state index in [9.17, 15) is 9.59 Å². The SMILES string of the molecule is COC(=O)C(C)(C)C(=O)Nc1ccc(C)o1. The minimum atomic E-state index is -1.24. The first-order valence-electron chi connectivity index (χ1n) is 4.84. The van der Waals surface area contributed by atoms with Crippen molar-refractivity contribution in [3.8, 4) is 0 Å². The lowest BCUT2D eigenvalue weighted by Crippen LogP contribution is -2.38. The number of hydrogen-bond acceptors (Lipinski definition) is 4. The Labute approximate surface area is 93.8 Å². The molecule has 0 atom stereocenters. The van der Waals surface area contributed by atoms with Crippen LogP contribution in [-0.4, -0.2) is 19.0 Å². The molecule has 5 heteroatoms. The normalized spacial score (nSPS) is 11.0. The fourth-order valence-corrected chi connectivity index (χ4v) is 1.12. The second-order valence-electron chi connectivity index (χ2n) is 3.98. The first-order chi connectivity index (χ1) is 7.37. The number of methoxy groups -OCH3 is 1. The van der Waals surface area contributed by atoms with E-state index in [1.54, 1.807) is 19.1 Å². The van der Waals surface area contributed by atoms with Crippen LogP contribution in [0.4, 0.5) is 5.88 Å². The monoisotopic (exact) mass is 225 g/mol. The number of rotatable bonds is 3. The summed E-state index contributed by atoms with van der Waals surface area (Å²) in [6.45, 7) is 4.75. The van der Waals surface area contributed by atoms with Crippen molar-refractivity contribution in [3.05, 3.63) is 17.9 Å². The van der Waals surface area contributed by atoms with E-state index in [0.29, 0.717) is 11.6 Å². The van der Waals surface area contributed by atoms with Gasteiger partial charge in [-0.3, -0.25) is 14.9 Å². The zero-order valence-corrected chi connectivity index (χ0v) is 9.79. The Morgan fingerprint density at radius 2 is 2.00 bits per heavy atom. The lowest BCUT2D eigenvalue weighted by Gasteiger charge is -2.19. The summed E-state index contributed by atoms with van der Waals surface area (Å²) in [5.74, 6) is -0.0485. The van der Waals surface area contributed by atoms with Gasteiger partial charge in [-0.25, -0.2) is 0 Å². The highest BCUT2D eigenvalue weighted by Gasteiger charge is 2.37. The highest BCUT2D eigenvalue weighted by atomic mass is 16.5. The van der Waals surface area contributed by atoms with E-state index in [-0.39, 0.29) is 0 Å². The third-order valence-electron chi connectivity index (χ3n) is 2.24. The summed E-state index contributed by atoms with van der Waals surface area (Å²) in [7, 11) is 1.24. The summed E-state index contributed by atoms with van der Waals surface area (Å²) in [4.78, 5) is 23.1. The van der Waals surface area contributed by atoms with Crippen LogP contribution < -0.4 is 5.32 Å². The molecule has 5 nitrogen and oxygen atoms in total. The molecule has 0 unspecified atom stereocenters. The van der Waals surface area contributed by atoms with Gasteiger partial charge in [0.05, 0.1) is 7.11 Å². The number of carbonyl (C=O) groups is 2. The third-order valence-corrected chi connectivity index (χ3v) is 2.24. The highest BCUT2D eigenvalue weighted by Crippen LogP contribution is 2.21. The molecule has 0 radical (unpaired) electrons. The lowest BCUT2D eigenvalue weighted by atomic mass is 9.92. The maximum Gasteiger partial charge on any atom is 0.320 e. The fraction of sp³-hybridized carbons (Fsp3) is 0.455. The van der Waals surface area contributed by atoms with Crippen LogP contribution in [0.3, 0.4) is 0 Å². The Morgan fingerprint density at radius 3 is 2.44 bits per heavy atom. The van der Waals surface area contributed by atoms with Gasteiger partial charge in [0.25, 0.3) is 0 Å². The molecule has 1 amide bonds. The molecule has 0 saturated carbocycles. The molecule has 1 aromatic rings. The van der Waals surface area contributed by atoms with Crippen molar-refractivity contribution in [2.75, 3.05) is 12.4 Å². The van der Waals surface area contributed by atoms with Crippen LogP contribution in [0.5, 0.6) is 0 Å². The number of nitrogens with one attached hydrogen (secondary N) is 1. The molecule has 0 aromatic carbocycles. The first kappa shape index (κ1) is 12.3. The van der Waals surface area contributed by atoms with Gasteiger partial charge in [0.2, 0.25) is 5.91 Å². The van der Waals surface area contributed by atoms with E-state index in [1.807, 2.05) is 0 Å². The van der Waals surface area contributed by atoms with E-state index in [2.05, 4.69) is 10.1 Å². The molecule has 0 aliphatic carbocycles. The van der Waals surface area contributed by atoms with E-state index in [4.69, 9.17) is 4.42 Å². The number of carbonyl (C=O) groups excluding carboxylic acids is 2. The van der Waals surface area contributed by atoms with Crippen molar-refractivity contribution in [1.82, 2.24) is 0 Å². The molecule has 1 N–H and O–H groups in total. The molecule has 88 valence electrons. The van der Waals surface area contributed by atoms with Crippen LogP contribution >= 0.6 is 0 Å². The fourth-order valence-electron chi connectivity index (χ4n) is 1.12. The van der Waals surface area contributed by atoms with Crippen molar-refractivity contribution in [2.45, 2.75) is 20.8 Å². The number of furan rings is 1. The molecule has 0 aliphatic rings. The first-order valence-corrected chi connectivity index (χ1v) is 4.84. The highest BCUT2D eigenvalue weighted by molar-refractivity contribution is 6.07. The van der Waals surface area contributed by atoms with Gasteiger partial charge in [0, 0.05) is 6.07 Å². The van der Waals surface area contributed by atoms with Crippen LogP contribution in [0, 0.1) is 12.3 Å². The van der Waals surface area contributed by atoms with Gasteiger partial charge in [-0.1, -0.05) is 0 Å². The summed E-state index contributed by atoms with van der Waals surface area (Å²) >= 11 is 0. The predicted molar refractivity (Wildman–Crippen MR) is 57.9 cm³/mol. The van der Waals surface area contributed by atoms with Gasteiger partial charge in [-0.15, -0.1) is 0 Å². The molecule has 1 heterocycles. The summed E-state index contributed by atoms with van der Waals surface area (Å²) in [5, 5.41) is 2.51. The van der Waals surface area contributed by atoms with E-state index < -0.39 is 17.3 Å². The zero-order valence-electron chi connectivity index (χ0n) is 9.79. The molecular formula is C11H15NO4. The van der Waals surface area contributed by atoms with Gasteiger partial charge in [0.15, 0.2) is 5.88 Å². The topological polar surface area (TPSA) is 68.5 Å². The van der Waals surface area contributed by atoms with E-state index in [1.165, 1.54) is 21.0 Å². The molecule has 1 aromatic heterocycles. The number of esters is 1. The average Bonchev–Trinajstić information content (AvgIpc) is 2.62. The Kier molecular flexibility index (Phi) is 3.37. The Hall–Kier alpha value is -1.78. The molecule has 0 aliphatic heterocycles. The zero-order chi connectivity index (χ0) is 12.3. The molecule has 0 spiro atoms. The van der Waals surface area contributed by atoms with Crippen LogP contribution in [0.25, 0.3) is 0 Å². The van der Waals surface area contributed by atoms with Crippen molar-refractivity contribution in [1.29, 1.82) is 0 Å². The largest absolute Gasteiger partial charge is 0.468 e. The van der Waals surface area contributed by atoms with Crippen molar-refractivity contribution < 1.29 is 18.7 Å². The Morgan fingerprint density at radius 1 is 1.38 bits per heavy atom. The molecule has 0 fully saturated rings. The van der Waals surface area contributed by atoms with Crippen LogP contribution in [-0.2, 0) is 14.3 Å². The third kappa shape index (κ3) is 2.42. The summed E-state index contributed by atoms with van der Waals surface area (Å²) in [6, 6.07) is 3.35. The maximum atomic E-state index is 11.8. The molecular weight excluding hydrogens is 210 g/mol. The van der Waals surface area contributed by atoms with Crippen LogP contribution in [0.15, 0.2) is 16.5 Å². The Balaban J connectivity index is 2.75. The predicted octanol–water partition coefficient (Wildman–Crippen LogP) is 1.73.